The summed E-state index contributed by atoms with van der Waals surface area (Å²) in [6.45, 7) is 4.53. The Hall–Kier alpha value is -3.58. The van der Waals surface area contributed by atoms with Gasteiger partial charge in [-0.1, -0.05) is 23.7 Å². The molecule has 2 aromatic carbocycles. The number of nitrogens with zero attached hydrogens (tertiary/aromatic N) is 3. The van der Waals surface area contributed by atoms with Crippen LogP contribution in [0.1, 0.15) is 35.5 Å². The van der Waals surface area contributed by atoms with Crippen LogP contribution in [0.25, 0.3) is 10.9 Å². The molecule has 1 amide bonds. The molecule has 1 aliphatic heterocycles. The van der Waals surface area contributed by atoms with Crippen LogP contribution in [0, 0.1) is 6.92 Å². The van der Waals surface area contributed by atoms with E-state index in [1.807, 2.05) is 56.3 Å². The van der Waals surface area contributed by atoms with Gasteiger partial charge in [-0.3, -0.25) is 9.88 Å². The number of hydrogen-bond donors (Lipinski definition) is 1. The Balaban J connectivity index is 1.54. The lowest BCUT2D eigenvalue weighted by molar-refractivity contribution is 0.0932. The van der Waals surface area contributed by atoms with Gasteiger partial charge in [-0.15, -0.1) is 0 Å². The topological polar surface area (TPSA) is 80.3 Å². The van der Waals surface area contributed by atoms with Crippen molar-refractivity contribution in [3.8, 4) is 11.6 Å². The summed E-state index contributed by atoms with van der Waals surface area (Å²) in [6.07, 6.45) is 3.61. The lowest BCUT2D eigenvalue weighted by atomic mass is 9.92. The molecule has 0 bridgehead atoms. The third kappa shape index (κ3) is 4.00. The number of H-pyrrole nitrogens is 1. The van der Waals surface area contributed by atoms with Gasteiger partial charge in [0.25, 0.3) is 0 Å². The van der Waals surface area contributed by atoms with Crippen molar-refractivity contribution in [3.05, 3.63) is 82.4 Å². The van der Waals surface area contributed by atoms with E-state index in [2.05, 4.69) is 15.0 Å². The number of halogens is 1. The van der Waals surface area contributed by atoms with Crippen molar-refractivity contribution in [1.82, 2.24) is 19.9 Å². The van der Waals surface area contributed by atoms with Crippen LogP contribution < -0.4 is 4.74 Å². The molecule has 0 saturated heterocycles. The highest BCUT2D eigenvalue weighted by Gasteiger charge is 2.35. The monoisotopic (exact) mass is 462 g/mol. The lowest BCUT2D eigenvalue weighted by Crippen LogP contribution is -2.40. The Labute approximate surface area is 196 Å². The normalized spacial score (nSPS) is 15.4. The van der Waals surface area contributed by atoms with Crippen LogP contribution in [0.2, 0.25) is 5.02 Å². The van der Waals surface area contributed by atoms with Gasteiger partial charge in [0.2, 0.25) is 5.88 Å². The van der Waals surface area contributed by atoms with Gasteiger partial charge in [0, 0.05) is 40.6 Å². The number of benzene rings is 2. The molecule has 7 nitrogen and oxygen atoms in total. The van der Waals surface area contributed by atoms with E-state index in [0.717, 1.165) is 28.6 Å². The number of fused-ring (bicyclic) bond motifs is 3. The summed E-state index contributed by atoms with van der Waals surface area (Å²) in [7, 11) is 0. The second kappa shape index (κ2) is 8.75. The number of amides is 1. The van der Waals surface area contributed by atoms with Crippen molar-refractivity contribution in [2.24, 2.45) is 0 Å². The molecule has 3 heterocycles. The Bertz CT molecular complexity index is 1320. The van der Waals surface area contributed by atoms with Gasteiger partial charge in [-0.25, -0.2) is 9.78 Å². The molecule has 0 fully saturated rings. The van der Waals surface area contributed by atoms with E-state index in [1.165, 1.54) is 5.56 Å². The van der Waals surface area contributed by atoms with Gasteiger partial charge in [0.1, 0.15) is 11.8 Å². The molecule has 0 radical (unpaired) electrons. The van der Waals surface area contributed by atoms with Crippen LogP contribution in [0.5, 0.6) is 11.6 Å². The molecule has 0 unspecified atom stereocenters. The number of rotatable bonds is 4. The number of ether oxygens (including phenoxy) is 2. The van der Waals surface area contributed by atoms with E-state index in [0.29, 0.717) is 35.5 Å². The third-order valence-corrected chi connectivity index (χ3v) is 6.07. The van der Waals surface area contributed by atoms with Gasteiger partial charge in [0.05, 0.1) is 12.3 Å². The average Bonchev–Trinajstić information content (AvgIpc) is 3.18. The van der Waals surface area contributed by atoms with E-state index in [-0.39, 0.29) is 12.1 Å². The smallest absolute Gasteiger partial charge is 0.410 e. The fourth-order valence-electron chi connectivity index (χ4n) is 4.34. The number of hydrogen-bond acceptors (Lipinski definition) is 5. The zero-order valence-corrected chi connectivity index (χ0v) is 19.1. The quantitative estimate of drug-likeness (QED) is 0.413. The molecule has 1 N–H and O–H groups in total. The predicted molar refractivity (Wildman–Crippen MR) is 126 cm³/mol. The van der Waals surface area contributed by atoms with Gasteiger partial charge in [-0.2, -0.15) is 0 Å². The molecule has 8 heteroatoms. The SMILES string of the molecule is CCOC(=O)N1CCc2c([nH]c3ccc(Cl)cc23)[C@@H]1c1ccc(Oc2nccnc2C)cc1. The van der Waals surface area contributed by atoms with Crippen LogP contribution in [0.3, 0.4) is 0 Å². The fraction of sp³-hybridized carbons (Fsp3) is 0.240. The molecular formula is C25H23ClN4O3. The highest BCUT2D eigenvalue weighted by Crippen LogP contribution is 2.40. The summed E-state index contributed by atoms with van der Waals surface area (Å²) in [5.74, 6) is 1.11. The molecule has 0 spiro atoms. The van der Waals surface area contributed by atoms with Crippen LogP contribution in [0.4, 0.5) is 4.79 Å². The van der Waals surface area contributed by atoms with Crippen LogP contribution >= 0.6 is 11.6 Å². The summed E-state index contributed by atoms with van der Waals surface area (Å²) in [5.41, 5.74) is 4.81. The summed E-state index contributed by atoms with van der Waals surface area (Å²) >= 11 is 6.26. The molecule has 4 aromatic rings. The summed E-state index contributed by atoms with van der Waals surface area (Å²) in [6, 6.07) is 13.2. The van der Waals surface area contributed by atoms with Crippen molar-refractivity contribution in [2.75, 3.05) is 13.2 Å². The third-order valence-electron chi connectivity index (χ3n) is 5.84. The van der Waals surface area contributed by atoms with E-state index in [1.54, 1.807) is 17.3 Å². The number of nitrogens with one attached hydrogen (secondary N) is 1. The van der Waals surface area contributed by atoms with E-state index in [9.17, 15) is 4.79 Å². The number of carbonyl (C=O) groups excluding carboxylic acids is 1. The zero-order chi connectivity index (χ0) is 22.9. The maximum Gasteiger partial charge on any atom is 0.410 e. The molecule has 168 valence electrons. The molecule has 1 atom stereocenters. The highest BCUT2D eigenvalue weighted by molar-refractivity contribution is 6.31. The van der Waals surface area contributed by atoms with Crippen molar-refractivity contribution in [3.63, 3.8) is 0 Å². The van der Waals surface area contributed by atoms with Gasteiger partial charge in [-0.05, 0) is 61.7 Å². The first-order valence-electron chi connectivity index (χ1n) is 10.8. The first kappa shape index (κ1) is 21.3. The van der Waals surface area contributed by atoms with Gasteiger partial charge >= 0.3 is 6.09 Å². The van der Waals surface area contributed by atoms with Gasteiger partial charge in [0.15, 0.2) is 0 Å². The fourth-order valence-corrected chi connectivity index (χ4v) is 4.51. The van der Waals surface area contributed by atoms with Gasteiger partial charge < -0.3 is 14.5 Å². The van der Waals surface area contributed by atoms with Crippen molar-refractivity contribution in [1.29, 1.82) is 0 Å². The van der Waals surface area contributed by atoms with Crippen LogP contribution in [-0.4, -0.2) is 39.1 Å². The number of aromatic nitrogens is 3. The molecule has 1 aliphatic rings. The molecule has 5 rings (SSSR count). The maximum absolute atomic E-state index is 12.8. The second-order valence-corrected chi connectivity index (χ2v) is 8.31. The molecule has 33 heavy (non-hydrogen) atoms. The molecule has 2 aromatic heterocycles. The molecule has 0 aliphatic carbocycles. The first-order valence-corrected chi connectivity index (χ1v) is 11.2. The highest BCUT2D eigenvalue weighted by atomic mass is 35.5. The molecule has 0 saturated carbocycles. The number of carbonyl (C=O) groups is 1. The largest absolute Gasteiger partial charge is 0.450 e. The van der Waals surface area contributed by atoms with Crippen molar-refractivity contribution < 1.29 is 14.3 Å². The number of aryl methyl sites for hydroxylation is 1. The lowest BCUT2D eigenvalue weighted by Gasteiger charge is -2.35. The maximum atomic E-state index is 12.8. The Morgan fingerprint density at radius 3 is 2.73 bits per heavy atom. The second-order valence-electron chi connectivity index (χ2n) is 7.87. The summed E-state index contributed by atoms with van der Waals surface area (Å²) in [5, 5.41) is 1.78. The van der Waals surface area contributed by atoms with Crippen molar-refractivity contribution in [2.45, 2.75) is 26.3 Å². The Morgan fingerprint density at radius 1 is 1.18 bits per heavy atom. The standard InChI is InChI=1S/C25H23ClN4O3/c1-3-32-25(31)30-13-10-19-20-14-17(26)6-9-21(20)29-22(19)23(30)16-4-7-18(8-5-16)33-24-15(2)27-11-12-28-24/h4-9,11-12,14,23,29H,3,10,13H2,1-2H3/t23-/m0/s1. The average molecular weight is 463 g/mol. The minimum atomic E-state index is -0.333. The Morgan fingerprint density at radius 2 is 1.97 bits per heavy atom. The first-order chi connectivity index (χ1) is 16.0. The predicted octanol–water partition coefficient (Wildman–Crippen LogP) is 5.82. The van der Waals surface area contributed by atoms with E-state index < -0.39 is 0 Å². The summed E-state index contributed by atoms with van der Waals surface area (Å²) in [4.78, 5) is 26.6. The Kier molecular flexibility index (Phi) is 5.64. The molecular weight excluding hydrogens is 440 g/mol. The van der Waals surface area contributed by atoms with E-state index >= 15 is 0 Å². The van der Waals surface area contributed by atoms with E-state index in [4.69, 9.17) is 21.1 Å². The summed E-state index contributed by atoms with van der Waals surface area (Å²) < 4.78 is 11.3. The van der Waals surface area contributed by atoms with Crippen molar-refractivity contribution >= 4 is 28.6 Å². The number of aromatic amines is 1. The minimum Gasteiger partial charge on any atom is -0.450 e. The minimum absolute atomic E-state index is 0.314. The zero-order valence-electron chi connectivity index (χ0n) is 18.3. The van der Waals surface area contributed by atoms with Crippen LogP contribution in [0.15, 0.2) is 54.9 Å². The van der Waals surface area contributed by atoms with Crippen LogP contribution in [-0.2, 0) is 11.2 Å².